The number of rotatable bonds is 1. The van der Waals surface area contributed by atoms with Gasteiger partial charge in [-0.25, -0.2) is 0 Å². The molecule has 3 heteroatoms. The molecule has 0 fully saturated rings. The van der Waals surface area contributed by atoms with E-state index in [4.69, 9.17) is 10.0 Å². The Morgan fingerprint density at radius 2 is 1.07 bits per heavy atom. The summed E-state index contributed by atoms with van der Waals surface area (Å²) in [6, 6.07) is 35.0. The van der Waals surface area contributed by atoms with E-state index >= 15 is 0 Å². The molecule has 0 bridgehead atoms. The van der Waals surface area contributed by atoms with E-state index in [2.05, 4.69) is 97.1 Å². The summed E-state index contributed by atoms with van der Waals surface area (Å²) in [6.45, 7) is 1.28. The van der Waals surface area contributed by atoms with Gasteiger partial charge in [-0.05, 0) is 62.4 Å². The molecular formula is C25H21BO2. The van der Waals surface area contributed by atoms with E-state index in [1.54, 1.807) is 0 Å². The first-order valence-corrected chi connectivity index (χ1v) is 9.39. The summed E-state index contributed by atoms with van der Waals surface area (Å²) in [5.74, 6) is 0. The molecule has 5 rings (SSSR count). The second-order valence-electron chi connectivity index (χ2n) is 6.88. The SMILES string of the molecule is CB(O)O.c1ccc2cc(-c3cc4ccccc4c4ccccc34)ccc2c1. The summed E-state index contributed by atoms with van der Waals surface area (Å²) in [6.07, 6.45) is 0. The molecule has 2 nitrogen and oxygen atoms in total. The summed E-state index contributed by atoms with van der Waals surface area (Å²) in [4.78, 5) is 0. The van der Waals surface area contributed by atoms with Crippen molar-refractivity contribution in [3.8, 4) is 11.1 Å². The van der Waals surface area contributed by atoms with Crippen LogP contribution in [0.4, 0.5) is 0 Å². The minimum absolute atomic E-state index is 1.17. The monoisotopic (exact) mass is 364 g/mol. The fourth-order valence-electron chi connectivity index (χ4n) is 3.65. The average molecular weight is 364 g/mol. The van der Waals surface area contributed by atoms with Gasteiger partial charge < -0.3 is 10.0 Å². The van der Waals surface area contributed by atoms with Gasteiger partial charge in [0, 0.05) is 0 Å². The Bertz CT molecular complexity index is 1260. The van der Waals surface area contributed by atoms with Crippen LogP contribution in [0.3, 0.4) is 0 Å². The number of fused-ring (bicyclic) bond motifs is 4. The van der Waals surface area contributed by atoms with Crippen molar-refractivity contribution < 1.29 is 10.0 Å². The lowest BCUT2D eigenvalue weighted by atomic mass is 9.92. The lowest BCUT2D eigenvalue weighted by Crippen LogP contribution is -2.00. The van der Waals surface area contributed by atoms with E-state index < -0.39 is 7.12 Å². The van der Waals surface area contributed by atoms with Crippen molar-refractivity contribution in [2.24, 2.45) is 0 Å². The minimum atomic E-state index is -1.17. The largest absolute Gasteiger partial charge is 0.448 e. The first kappa shape index (κ1) is 18.2. The zero-order valence-electron chi connectivity index (χ0n) is 15.7. The Kier molecular flexibility index (Phi) is 5.11. The van der Waals surface area contributed by atoms with Crippen LogP contribution in [0, 0.1) is 0 Å². The molecule has 0 aliphatic carbocycles. The zero-order chi connectivity index (χ0) is 19.5. The quantitative estimate of drug-likeness (QED) is 0.287. The van der Waals surface area contributed by atoms with Gasteiger partial charge in [0.25, 0.3) is 0 Å². The molecule has 28 heavy (non-hydrogen) atoms. The predicted octanol–water partition coefficient (Wildman–Crippen LogP) is 5.90. The number of hydrogen-bond donors (Lipinski definition) is 2. The molecule has 0 spiro atoms. The van der Waals surface area contributed by atoms with Crippen molar-refractivity contribution >= 4 is 39.4 Å². The molecule has 0 unspecified atom stereocenters. The third-order valence-electron chi connectivity index (χ3n) is 4.83. The van der Waals surface area contributed by atoms with Gasteiger partial charge in [0.1, 0.15) is 0 Å². The zero-order valence-corrected chi connectivity index (χ0v) is 15.7. The lowest BCUT2D eigenvalue weighted by molar-refractivity contribution is 0.417. The third kappa shape index (κ3) is 3.63. The molecule has 0 saturated carbocycles. The second kappa shape index (κ2) is 7.85. The fraction of sp³-hybridized carbons (Fsp3) is 0.0400. The topological polar surface area (TPSA) is 40.5 Å². The molecular weight excluding hydrogens is 343 g/mol. The summed E-state index contributed by atoms with van der Waals surface area (Å²) < 4.78 is 0. The van der Waals surface area contributed by atoms with Crippen LogP contribution in [0.1, 0.15) is 0 Å². The molecule has 0 aromatic heterocycles. The van der Waals surface area contributed by atoms with Crippen LogP contribution < -0.4 is 0 Å². The van der Waals surface area contributed by atoms with Crippen LogP contribution in [-0.4, -0.2) is 17.2 Å². The van der Waals surface area contributed by atoms with E-state index in [0.29, 0.717) is 0 Å². The second-order valence-corrected chi connectivity index (χ2v) is 6.88. The Labute approximate surface area is 164 Å². The van der Waals surface area contributed by atoms with E-state index in [-0.39, 0.29) is 0 Å². The van der Waals surface area contributed by atoms with Crippen LogP contribution in [0.2, 0.25) is 6.82 Å². The molecule has 2 N–H and O–H groups in total. The molecule has 0 atom stereocenters. The highest BCUT2D eigenvalue weighted by Crippen LogP contribution is 2.35. The standard InChI is InChI=1S/C24H16.CH5BO2/c1-2-8-18-15-20(14-13-17(18)7-1)24-16-19-9-3-4-10-21(19)22-11-5-6-12-23(22)24;1-2(3)4/h1-16H;3-4H,1H3. The van der Waals surface area contributed by atoms with Crippen LogP contribution in [0.15, 0.2) is 97.1 Å². The third-order valence-corrected chi connectivity index (χ3v) is 4.83. The van der Waals surface area contributed by atoms with Crippen LogP contribution in [-0.2, 0) is 0 Å². The van der Waals surface area contributed by atoms with Crippen molar-refractivity contribution in [1.82, 2.24) is 0 Å². The van der Waals surface area contributed by atoms with Crippen molar-refractivity contribution in [2.75, 3.05) is 0 Å². The maximum absolute atomic E-state index is 7.61. The first-order chi connectivity index (χ1) is 13.6. The molecule has 0 saturated heterocycles. The Morgan fingerprint density at radius 3 is 1.79 bits per heavy atom. The van der Waals surface area contributed by atoms with Gasteiger partial charge in [-0.1, -0.05) is 84.9 Å². The smallest absolute Gasteiger partial charge is 0.427 e. The maximum atomic E-state index is 7.61. The first-order valence-electron chi connectivity index (χ1n) is 9.39. The van der Waals surface area contributed by atoms with Gasteiger partial charge in [0.05, 0.1) is 0 Å². The van der Waals surface area contributed by atoms with E-state index in [1.807, 2.05) is 0 Å². The molecule has 5 aromatic carbocycles. The van der Waals surface area contributed by atoms with Gasteiger partial charge in [0.15, 0.2) is 0 Å². The van der Waals surface area contributed by atoms with E-state index in [0.717, 1.165) is 0 Å². The molecule has 0 radical (unpaired) electrons. The fourth-order valence-corrected chi connectivity index (χ4v) is 3.65. The normalized spacial score (nSPS) is 10.7. The Morgan fingerprint density at radius 1 is 0.536 bits per heavy atom. The molecule has 0 aliphatic rings. The van der Waals surface area contributed by atoms with E-state index in [9.17, 15) is 0 Å². The number of hydrogen-bond acceptors (Lipinski definition) is 2. The summed E-state index contributed by atoms with van der Waals surface area (Å²) in [5.41, 5.74) is 2.57. The molecule has 0 aliphatic heterocycles. The summed E-state index contributed by atoms with van der Waals surface area (Å²) in [5, 5.41) is 23.0. The number of benzene rings is 5. The van der Waals surface area contributed by atoms with Crippen molar-refractivity contribution in [3.63, 3.8) is 0 Å². The Balaban J connectivity index is 0.000000442. The highest BCUT2D eigenvalue weighted by molar-refractivity contribution is 6.38. The molecule has 136 valence electrons. The van der Waals surface area contributed by atoms with Gasteiger partial charge in [0.2, 0.25) is 0 Å². The predicted molar refractivity (Wildman–Crippen MR) is 120 cm³/mol. The van der Waals surface area contributed by atoms with Gasteiger partial charge in [-0.15, -0.1) is 0 Å². The van der Waals surface area contributed by atoms with Crippen LogP contribution in [0.25, 0.3) is 43.4 Å². The van der Waals surface area contributed by atoms with Gasteiger partial charge in [-0.3, -0.25) is 0 Å². The highest BCUT2D eigenvalue weighted by atomic mass is 16.4. The lowest BCUT2D eigenvalue weighted by Gasteiger charge is -2.11. The van der Waals surface area contributed by atoms with E-state index in [1.165, 1.54) is 50.3 Å². The molecule has 0 amide bonds. The van der Waals surface area contributed by atoms with Crippen molar-refractivity contribution in [1.29, 1.82) is 0 Å². The van der Waals surface area contributed by atoms with Crippen LogP contribution in [0.5, 0.6) is 0 Å². The summed E-state index contributed by atoms with van der Waals surface area (Å²) in [7, 11) is -1.17. The molecule has 5 aromatic rings. The molecule has 0 heterocycles. The van der Waals surface area contributed by atoms with Crippen molar-refractivity contribution in [3.05, 3.63) is 97.1 Å². The average Bonchev–Trinajstić information content (AvgIpc) is 2.72. The van der Waals surface area contributed by atoms with Crippen LogP contribution >= 0.6 is 0 Å². The van der Waals surface area contributed by atoms with Gasteiger partial charge >= 0.3 is 7.12 Å². The summed E-state index contributed by atoms with van der Waals surface area (Å²) >= 11 is 0. The minimum Gasteiger partial charge on any atom is -0.427 e. The maximum Gasteiger partial charge on any atom is 0.448 e. The van der Waals surface area contributed by atoms with Gasteiger partial charge in [-0.2, -0.15) is 0 Å². The Hall–Kier alpha value is -3.14. The highest BCUT2D eigenvalue weighted by Gasteiger charge is 2.08. The van der Waals surface area contributed by atoms with Crippen molar-refractivity contribution in [2.45, 2.75) is 6.82 Å².